The Morgan fingerprint density at radius 1 is 1.20 bits per heavy atom. The molecule has 1 aromatic heterocycles. The van der Waals surface area contributed by atoms with Crippen LogP contribution in [0.5, 0.6) is 0 Å². The molecule has 0 saturated heterocycles. The van der Waals surface area contributed by atoms with Crippen molar-refractivity contribution >= 4 is 16.7 Å². The highest BCUT2D eigenvalue weighted by atomic mass is 19.4. The summed E-state index contributed by atoms with van der Waals surface area (Å²) in [5.41, 5.74) is -1.20. The maximum Gasteiger partial charge on any atom is 0.406 e. The molecular formula is C16H16F3N3O3. The summed E-state index contributed by atoms with van der Waals surface area (Å²) in [5.74, 6) is -0.782. The molecular weight excluding hydrogens is 339 g/mol. The molecule has 25 heavy (non-hydrogen) atoms. The van der Waals surface area contributed by atoms with Gasteiger partial charge in [0.1, 0.15) is 13.1 Å². The Bertz CT molecular complexity index is 912. The molecule has 6 nitrogen and oxygen atoms in total. The number of benzene rings is 1. The average molecular weight is 355 g/mol. The number of rotatable bonds is 5. The van der Waals surface area contributed by atoms with E-state index < -0.39 is 36.3 Å². The van der Waals surface area contributed by atoms with Crippen molar-refractivity contribution < 1.29 is 18.0 Å². The van der Waals surface area contributed by atoms with Gasteiger partial charge in [0.15, 0.2) is 0 Å². The molecule has 1 fully saturated rings. The standard InChI is InChI=1S/C16H16F3N3O3/c17-16(18,19)9-21(7-10-5-6-10)13(23)8-22-15(25)12-4-2-1-3-11(12)14(24)20-22/h1-4,10H,5-9H2,(H,20,24). The monoisotopic (exact) mass is 355 g/mol. The Kier molecular flexibility index (Phi) is 4.40. The van der Waals surface area contributed by atoms with E-state index in [1.807, 2.05) is 0 Å². The molecule has 9 heteroatoms. The summed E-state index contributed by atoms with van der Waals surface area (Å²) in [6.07, 6.45) is -2.95. The van der Waals surface area contributed by atoms with Crippen LogP contribution >= 0.6 is 0 Å². The first-order valence-electron chi connectivity index (χ1n) is 7.81. The molecule has 1 aliphatic carbocycles. The van der Waals surface area contributed by atoms with Crippen molar-refractivity contribution in [2.45, 2.75) is 25.6 Å². The largest absolute Gasteiger partial charge is 0.406 e. The van der Waals surface area contributed by atoms with E-state index >= 15 is 0 Å². The molecule has 0 radical (unpaired) electrons. The highest BCUT2D eigenvalue weighted by molar-refractivity contribution is 5.81. The number of carbonyl (C=O) groups is 1. The van der Waals surface area contributed by atoms with Crippen LogP contribution in [0.4, 0.5) is 13.2 Å². The van der Waals surface area contributed by atoms with Crippen LogP contribution in [0.2, 0.25) is 0 Å². The predicted molar refractivity (Wildman–Crippen MR) is 84.2 cm³/mol. The first kappa shape index (κ1) is 17.2. The van der Waals surface area contributed by atoms with Gasteiger partial charge in [-0.25, -0.2) is 4.68 Å². The predicted octanol–water partition coefficient (Wildman–Crippen LogP) is 1.49. The number of alkyl halides is 3. The van der Waals surface area contributed by atoms with Gasteiger partial charge in [-0.15, -0.1) is 0 Å². The number of aromatic nitrogens is 2. The van der Waals surface area contributed by atoms with E-state index in [4.69, 9.17) is 0 Å². The minimum absolute atomic E-state index is 0.00487. The third kappa shape index (κ3) is 4.09. The number of hydrogen-bond donors (Lipinski definition) is 1. The Morgan fingerprint density at radius 3 is 2.44 bits per heavy atom. The van der Waals surface area contributed by atoms with Crippen molar-refractivity contribution in [3.8, 4) is 0 Å². The second-order valence-electron chi connectivity index (χ2n) is 6.21. The van der Waals surface area contributed by atoms with Crippen LogP contribution in [-0.4, -0.2) is 39.9 Å². The molecule has 0 aliphatic heterocycles. The van der Waals surface area contributed by atoms with E-state index in [1.165, 1.54) is 12.1 Å². The smallest absolute Gasteiger partial charge is 0.332 e. The van der Waals surface area contributed by atoms with E-state index in [0.29, 0.717) is 4.90 Å². The van der Waals surface area contributed by atoms with Gasteiger partial charge in [0.05, 0.1) is 10.8 Å². The van der Waals surface area contributed by atoms with Crippen molar-refractivity contribution in [3.05, 3.63) is 45.0 Å². The molecule has 1 aromatic carbocycles. The zero-order chi connectivity index (χ0) is 18.2. The van der Waals surface area contributed by atoms with E-state index in [9.17, 15) is 27.6 Å². The summed E-state index contributed by atoms with van der Waals surface area (Å²) in [6.45, 7) is -2.00. The molecule has 1 heterocycles. The van der Waals surface area contributed by atoms with Gasteiger partial charge in [-0.05, 0) is 30.9 Å². The number of hydrogen-bond acceptors (Lipinski definition) is 3. The van der Waals surface area contributed by atoms with E-state index in [1.54, 1.807) is 12.1 Å². The second-order valence-corrected chi connectivity index (χ2v) is 6.21. The molecule has 0 bridgehead atoms. The van der Waals surface area contributed by atoms with Crippen molar-refractivity contribution in [1.29, 1.82) is 0 Å². The normalized spacial score (nSPS) is 14.7. The summed E-state index contributed by atoms with van der Waals surface area (Å²) < 4.78 is 38.9. The first-order chi connectivity index (χ1) is 11.7. The van der Waals surface area contributed by atoms with Crippen LogP contribution in [0.1, 0.15) is 12.8 Å². The summed E-state index contributed by atoms with van der Waals surface area (Å²) in [6, 6.07) is 6.06. The number of halogens is 3. The van der Waals surface area contributed by atoms with Crippen LogP contribution in [0.25, 0.3) is 10.8 Å². The molecule has 0 spiro atoms. The van der Waals surface area contributed by atoms with Crippen LogP contribution in [-0.2, 0) is 11.3 Å². The number of H-pyrrole nitrogens is 1. The number of nitrogens with zero attached hydrogens (tertiary/aromatic N) is 2. The van der Waals surface area contributed by atoms with Gasteiger partial charge >= 0.3 is 6.18 Å². The number of nitrogens with one attached hydrogen (secondary N) is 1. The van der Waals surface area contributed by atoms with E-state index in [-0.39, 0.29) is 23.2 Å². The fourth-order valence-corrected chi connectivity index (χ4v) is 2.68. The average Bonchev–Trinajstić information content (AvgIpc) is 3.34. The fourth-order valence-electron chi connectivity index (χ4n) is 2.68. The highest BCUT2D eigenvalue weighted by Gasteiger charge is 2.36. The maximum atomic E-state index is 12.7. The highest BCUT2D eigenvalue weighted by Crippen LogP contribution is 2.30. The van der Waals surface area contributed by atoms with Crippen molar-refractivity contribution in [3.63, 3.8) is 0 Å². The Hall–Kier alpha value is -2.58. The fraction of sp³-hybridized carbons (Fsp3) is 0.438. The number of fused-ring (bicyclic) bond motifs is 1. The Labute approximate surface area is 139 Å². The summed E-state index contributed by atoms with van der Waals surface area (Å²) in [7, 11) is 0. The molecule has 134 valence electrons. The van der Waals surface area contributed by atoms with Crippen molar-refractivity contribution in [1.82, 2.24) is 14.7 Å². The lowest BCUT2D eigenvalue weighted by atomic mass is 10.2. The number of carbonyl (C=O) groups excluding carboxylic acids is 1. The van der Waals surface area contributed by atoms with Crippen LogP contribution in [0, 0.1) is 5.92 Å². The quantitative estimate of drug-likeness (QED) is 0.883. The minimum atomic E-state index is -4.52. The van der Waals surface area contributed by atoms with Crippen molar-refractivity contribution in [2.24, 2.45) is 5.92 Å². The molecule has 1 N–H and O–H groups in total. The SMILES string of the molecule is O=C(Cn1[nH]c(=O)c2ccccc2c1=O)N(CC1CC1)CC(F)(F)F. The molecule has 1 amide bonds. The summed E-state index contributed by atoms with van der Waals surface area (Å²) >= 11 is 0. The second kappa shape index (κ2) is 6.38. The van der Waals surface area contributed by atoms with E-state index in [0.717, 1.165) is 17.5 Å². The third-order valence-corrected chi connectivity index (χ3v) is 4.08. The van der Waals surface area contributed by atoms with Gasteiger partial charge in [0, 0.05) is 6.54 Å². The number of aromatic amines is 1. The molecule has 0 unspecified atom stereocenters. The molecule has 2 aromatic rings. The zero-order valence-corrected chi connectivity index (χ0v) is 13.2. The lowest BCUT2D eigenvalue weighted by molar-refractivity contribution is -0.162. The minimum Gasteiger partial charge on any atom is -0.332 e. The zero-order valence-electron chi connectivity index (χ0n) is 13.2. The Balaban J connectivity index is 1.88. The molecule has 1 saturated carbocycles. The van der Waals surface area contributed by atoms with Crippen LogP contribution in [0.15, 0.2) is 33.9 Å². The summed E-state index contributed by atoms with van der Waals surface area (Å²) in [4.78, 5) is 37.4. The van der Waals surface area contributed by atoms with Gasteiger partial charge in [-0.1, -0.05) is 12.1 Å². The molecule has 3 rings (SSSR count). The number of amides is 1. The molecule has 1 aliphatic rings. The van der Waals surface area contributed by atoms with E-state index in [2.05, 4.69) is 5.10 Å². The lowest BCUT2D eigenvalue weighted by Crippen LogP contribution is -2.44. The lowest BCUT2D eigenvalue weighted by Gasteiger charge is -2.24. The maximum absolute atomic E-state index is 12.7. The van der Waals surface area contributed by atoms with Crippen LogP contribution in [0.3, 0.4) is 0 Å². The van der Waals surface area contributed by atoms with Gasteiger partial charge in [0.25, 0.3) is 11.1 Å². The third-order valence-electron chi connectivity index (χ3n) is 4.08. The Morgan fingerprint density at radius 2 is 1.84 bits per heavy atom. The summed E-state index contributed by atoms with van der Waals surface area (Å²) in [5, 5.41) is 2.54. The van der Waals surface area contributed by atoms with Crippen LogP contribution < -0.4 is 11.1 Å². The molecule has 0 atom stereocenters. The van der Waals surface area contributed by atoms with Gasteiger partial charge < -0.3 is 4.90 Å². The van der Waals surface area contributed by atoms with Gasteiger partial charge in [-0.3, -0.25) is 19.5 Å². The van der Waals surface area contributed by atoms with Gasteiger partial charge in [0.2, 0.25) is 5.91 Å². The first-order valence-corrected chi connectivity index (χ1v) is 7.81. The van der Waals surface area contributed by atoms with Gasteiger partial charge in [-0.2, -0.15) is 13.2 Å². The van der Waals surface area contributed by atoms with Crippen molar-refractivity contribution in [2.75, 3.05) is 13.1 Å². The topological polar surface area (TPSA) is 75.2 Å².